The van der Waals surface area contributed by atoms with Gasteiger partial charge in [0.05, 0.1) is 42.1 Å². The molecule has 0 saturated carbocycles. The van der Waals surface area contributed by atoms with E-state index in [1.54, 1.807) is 29.8 Å². The molecule has 0 aliphatic carbocycles. The maximum Gasteiger partial charge on any atom is 0.277 e. The third-order valence-electron chi connectivity index (χ3n) is 9.91. The Morgan fingerprint density at radius 3 is 2.28 bits per heavy atom. The van der Waals surface area contributed by atoms with Crippen molar-refractivity contribution in [2.45, 2.75) is 32.5 Å². The summed E-state index contributed by atoms with van der Waals surface area (Å²) in [6.07, 6.45) is 0.393. The quantitative estimate of drug-likeness (QED) is 0.0971. The number of sulfonamides is 1. The number of hydrogen-bond donors (Lipinski definition) is 6. The molecule has 0 saturated heterocycles. The number of thiazole rings is 6. The molecule has 0 spiro atoms. The first-order valence-corrected chi connectivity index (χ1v) is 27.3. The summed E-state index contributed by atoms with van der Waals surface area (Å²) in [7, 11) is -2.24. The number of nitrogens with one attached hydrogen (secondary N) is 5. The summed E-state index contributed by atoms with van der Waals surface area (Å²) < 4.78 is 32.7. The number of ether oxygens (including phenoxy) is 1. The summed E-state index contributed by atoms with van der Waals surface area (Å²) >= 11 is 7.38. The number of nitrogens with two attached hydrogens (primary N) is 1. The molecule has 27 heteroatoms. The van der Waals surface area contributed by atoms with Gasteiger partial charge in [0.2, 0.25) is 15.9 Å². The molecule has 1 aromatic carbocycles. The molecular formula is C42H37N13O7S7. The van der Waals surface area contributed by atoms with Crippen molar-refractivity contribution < 1.29 is 32.3 Å². The highest BCUT2D eigenvalue weighted by molar-refractivity contribution is 7.92. The zero-order valence-corrected chi connectivity index (χ0v) is 41.8. The number of nitrogens with zero attached hydrogens (tertiary/aromatic N) is 7. The Morgan fingerprint density at radius 2 is 1.46 bits per heavy atom. The second-order valence-corrected chi connectivity index (χ2v) is 22.5. The van der Waals surface area contributed by atoms with Crippen molar-refractivity contribution in [2.24, 2.45) is 5.73 Å². The Kier molecular flexibility index (Phi) is 14.4. The zero-order valence-electron chi connectivity index (χ0n) is 36.1. The van der Waals surface area contributed by atoms with Crippen molar-refractivity contribution >= 4 is 113 Å². The van der Waals surface area contributed by atoms with Crippen LogP contribution in [0.4, 0.5) is 10.9 Å². The smallest absolute Gasteiger partial charge is 0.277 e. The summed E-state index contributed by atoms with van der Waals surface area (Å²) in [5.74, 6) is -2.29. The number of aryl methyl sites for hydroxylation is 1. The predicted octanol–water partition coefficient (Wildman–Crippen LogP) is 5.97. The molecule has 0 radical (unpaired) electrons. The van der Waals surface area contributed by atoms with Gasteiger partial charge in [0, 0.05) is 45.6 Å². The van der Waals surface area contributed by atoms with Gasteiger partial charge in [-0.3, -0.25) is 29.2 Å². The van der Waals surface area contributed by atoms with E-state index in [-0.39, 0.29) is 60.0 Å². The number of anilines is 2. The number of aromatic nitrogens is 7. The predicted molar refractivity (Wildman–Crippen MR) is 267 cm³/mol. The van der Waals surface area contributed by atoms with E-state index in [1.165, 1.54) is 63.8 Å². The number of amides is 4. The molecule has 20 nitrogen and oxygen atoms in total. The molecule has 10 bridgehead atoms. The van der Waals surface area contributed by atoms with Crippen LogP contribution in [-0.2, 0) is 39.1 Å². The number of carbonyl (C=O) groups excluding carboxylic acids is 4. The SMILES string of the molecule is COCc1sc2nc1C(=O)NCC(=O)N[C@@H](Cc1ccccc1)c1nc(cs1)-c1nc(cs1)-c1nc(-c3nc(NS(=O)(=O)CCN)cs3)ccc1-c1nc(cs1)C(=O)NCc1nc(c(C)s1)C(=O)N2. The van der Waals surface area contributed by atoms with Crippen LogP contribution >= 0.6 is 68.0 Å². The van der Waals surface area contributed by atoms with Crippen molar-refractivity contribution in [3.8, 4) is 43.4 Å². The largest absolute Gasteiger partial charge is 0.379 e. The highest BCUT2D eigenvalue weighted by Crippen LogP contribution is 2.39. The minimum absolute atomic E-state index is 0.00420. The third kappa shape index (κ3) is 11.1. The summed E-state index contributed by atoms with van der Waals surface area (Å²) in [5, 5.41) is 20.8. The summed E-state index contributed by atoms with van der Waals surface area (Å²) in [6, 6.07) is 12.5. The van der Waals surface area contributed by atoms with Gasteiger partial charge in [-0.1, -0.05) is 41.7 Å². The van der Waals surface area contributed by atoms with Crippen LogP contribution in [0.1, 0.15) is 62.8 Å². The topological polar surface area (TPSA) is 288 Å². The molecule has 0 unspecified atom stereocenters. The van der Waals surface area contributed by atoms with Gasteiger partial charge in [-0.2, -0.15) is 0 Å². The van der Waals surface area contributed by atoms with E-state index in [2.05, 4.69) is 40.9 Å². The minimum atomic E-state index is -3.71. The fraction of sp³-hybridized carbons (Fsp3) is 0.214. The van der Waals surface area contributed by atoms with Crippen molar-refractivity contribution in [1.29, 1.82) is 0 Å². The van der Waals surface area contributed by atoms with Crippen LogP contribution in [0.2, 0.25) is 0 Å². The third-order valence-corrected chi connectivity index (χ3v) is 16.7. The second kappa shape index (κ2) is 20.7. The van der Waals surface area contributed by atoms with Crippen molar-refractivity contribution in [1.82, 2.24) is 50.8 Å². The zero-order chi connectivity index (χ0) is 48.2. The highest BCUT2D eigenvalue weighted by Gasteiger charge is 2.26. The standard InChI is InChI=1S/C42H37N13O7S7/c1-20-32-37(59)54-42-53-34(28(68-42)15-62-2)36(58)44-13-30(56)46-24(12-21-6-4-3-5-7-21)40-50-27(18-65-40)41-48-25(16-64-41)33-22(38-49-26(17-63-38)35(57)45-14-31(52-32)67-20)8-9-23(47-33)39-51-29(19-66-39)55-69(60,61)11-10-43/h3-9,16-19,24,55H,10-15,43H2,1-2H3,(H,44,58)(H,45,57)(H,46,56)(H,53,54,59)/t24-/m0/s1. The Balaban J connectivity index is 1.08. The lowest BCUT2D eigenvalue weighted by atomic mass is 10.1. The number of rotatable bonds is 9. The molecule has 7 aromatic heterocycles. The van der Waals surface area contributed by atoms with Gasteiger partial charge in [0.15, 0.2) is 10.9 Å². The van der Waals surface area contributed by atoms with Crippen LogP contribution in [-0.4, -0.2) is 92.9 Å². The maximum atomic E-state index is 13.6. The number of hydrogen-bond acceptors (Lipinski definition) is 21. The fourth-order valence-corrected chi connectivity index (χ4v) is 12.7. The van der Waals surface area contributed by atoms with Crippen molar-refractivity contribution in [2.75, 3.05) is 36.0 Å². The number of benzene rings is 1. The first-order valence-electron chi connectivity index (χ1n) is 20.5. The van der Waals surface area contributed by atoms with E-state index in [0.717, 1.165) is 16.9 Å². The van der Waals surface area contributed by atoms with Crippen LogP contribution in [0.25, 0.3) is 43.4 Å². The van der Waals surface area contributed by atoms with Crippen molar-refractivity contribution in [3.05, 3.63) is 106 Å². The minimum Gasteiger partial charge on any atom is -0.379 e. The van der Waals surface area contributed by atoms with Crippen LogP contribution in [0.5, 0.6) is 0 Å². The normalized spacial score (nSPS) is 14.7. The van der Waals surface area contributed by atoms with E-state index in [9.17, 15) is 27.6 Å². The lowest BCUT2D eigenvalue weighted by molar-refractivity contribution is -0.120. The monoisotopic (exact) mass is 1060 g/mol. The average molecular weight is 1060 g/mol. The molecule has 0 fully saturated rings. The lowest BCUT2D eigenvalue weighted by Crippen LogP contribution is -2.39. The molecule has 1 aliphatic rings. The molecule has 4 amide bonds. The highest BCUT2D eigenvalue weighted by atomic mass is 32.2. The molecule has 1 aliphatic heterocycles. The molecule has 1 atom stereocenters. The van der Waals surface area contributed by atoms with E-state index >= 15 is 0 Å². The summed E-state index contributed by atoms with van der Waals surface area (Å²) in [4.78, 5) is 88.2. The molecule has 7 N–H and O–H groups in total. The molecule has 9 rings (SSSR count). The molecule has 8 aromatic rings. The Morgan fingerprint density at radius 1 is 0.725 bits per heavy atom. The van der Waals surface area contributed by atoms with E-state index in [1.807, 2.05) is 41.1 Å². The lowest BCUT2D eigenvalue weighted by Gasteiger charge is -2.17. The van der Waals surface area contributed by atoms with E-state index in [4.69, 9.17) is 30.4 Å². The molecule has 69 heavy (non-hydrogen) atoms. The number of methoxy groups -OCH3 is 1. The van der Waals surface area contributed by atoms with Crippen LogP contribution in [0, 0.1) is 6.92 Å². The summed E-state index contributed by atoms with van der Waals surface area (Å²) in [6.45, 7) is 1.31. The fourth-order valence-electron chi connectivity index (χ4n) is 6.79. The van der Waals surface area contributed by atoms with E-state index in [0.29, 0.717) is 69.6 Å². The second-order valence-electron chi connectivity index (χ2n) is 14.9. The first kappa shape index (κ1) is 47.8. The van der Waals surface area contributed by atoms with Gasteiger partial charge >= 0.3 is 0 Å². The Bertz CT molecular complexity index is 3320. The van der Waals surface area contributed by atoms with Gasteiger partial charge < -0.3 is 26.4 Å². The molecule has 8 heterocycles. The molecular weight excluding hydrogens is 1020 g/mol. The number of fused-ring (bicyclic) bond motifs is 14. The Hall–Kier alpha value is -6.30. The van der Waals surface area contributed by atoms with Gasteiger partial charge in [0.25, 0.3) is 17.7 Å². The maximum absolute atomic E-state index is 13.6. The van der Waals surface area contributed by atoms with Gasteiger partial charge in [0.1, 0.15) is 59.2 Å². The average Bonchev–Trinajstić information content (AvgIpc) is 4.20. The van der Waals surface area contributed by atoms with Crippen LogP contribution < -0.4 is 31.7 Å². The Labute approximate surface area is 417 Å². The summed E-state index contributed by atoms with van der Waals surface area (Å²) in [5.41, 5.74) is 9.13. The van der Waals surface area contributed by atoms with Gasteiger partial charge in [-0.15, -0.1) is 56.7 Å². The van der Waals surface area contributed by atoms with Gasteiger partial charge in [-0.05, 0) is 31.0 Å². The van der Waals surface area contributed by atoms with Crippen molar-refractivity contribution in [3.63, 3.8) is 0 Å². The number of pyridine rings is 1. The molecule has 354 valence electrons. The van der Waals surface area contributed by atoms with Gasteiger partial charge in [-0.25, -0.2) is 43.3 Å². The van der Waals surface area contributed by atoms with Crippen LogP contribution in [0.3, 0.4) is 0 Å². The van der Waals surface area contributed by atoms with Crippen LogP contribution in [0.15, 0.2) is 64.0 Å². The van der Waals surface area contributed by atoms with E-state index < -0.39 is 39.7 Å². The first-order chi connectivity index (χ1) is 33.3. The number of carbonyl (C=O) groups is 4.